The number of benzene rings is 2. The predicted molar refractivity (Wildman–Crippen MR) is 133 cm³/mol. The number of carbonyl (C=O) groups excluding carboxylic acids is 2. The normalized spacial score (nSPS) is 25.0. The van der Waals surface area contributed by atoms with Crippen LogP contribution in [0.5, 0.6) is 11.5 Å². The summed E-state index contributed by atoms with van der Waals surface area (Å²) in [5.74, 6) is 0.354. The molecule has 0 N–H and O–H groups in total. The Morgan fingerprint density at radius 2 is 1.71 bits per heavy atom. The summed E-state index contributed by atoms with van der Waals surface area (Å²) in [7, 11) is 0. The Morgan fingerprint density at radius 3 is 2.35 bits per heavy atom. The number of amides is 2. The molecule has 34 heavy (non-hydrogen) atoms. The summed E-state index contributed by atoms with van der Waals surface area (Å²) in [5, 5.41) is 6.24. The highest BCUT2D eigenvalue weighted by molar-refractivity contribution is 9.10. The van der Waals surface area contributed by atoms with Crippen molar-refractivity contribution in [3.63, 3.8) is 0 Å². The summed E-state index contributed by atoms with van der Waals surface area (Å²) in [5.41, 5.74) is 1.52. The highest BCUT2D eigenvalue weighted by Gasteiger charge is 2.59. The minimum Gasteiger partial charge on any atom is -0.490 e. The summed E-state index contributed by atoms with van der Waals surface area (Å²) < 4.78 is 12.4. The summed E-state index contributed by atoms with van der Waals surface area (Å²) in [4.78, 5) is 25.7. The van der Waals surface area contributed by atoms with Crippen LogP contribution < -0.4 is 9.47 Å². The molecule has 9 heteroatoms. The van der Waals surface area contributed by atoms with Gasteiger partial charge in [-0.05, 0) is 70.9 Å². The van der Waals surface area contributed by atoms with Crippen LogP contribution in [0.25, 0.3) is 0 Å². The number of hydrogen-bond donors (Lipinski definition) is 0. The smallest absolute Gasteiger partial charge is 0.254 e. The number of hydrogen-bond acceptors (Lipinski definition) is 5. The van der Waals surface area contributed by atoms with E-state index in [9.17, 15) is 9.59 Å². The number of ether oxygens (including phenoxy) is 2. The molecule has 2 aromatic rings. The van der Waals surface area contributed by atoms with Gasteiger partial charge in [0, 0.05) is 10.0 Å². The number of nitrogens with zero attached hydrogens (tertiary/aromatic N) is 2. The molecule has 1 aliphatic heterocycles. The molecule has 0 spiro atoms. The van der Waals surface area contributed by atoms with Gasteiger partial charge in [-0.3, -0.25) is 9.59 Å². The average Bonchev–Trinajstić information content (AvgIpc) is 3.49. The molecule has 2 aromatic carbocycles. The lowest BCUT2D eigenvalue weighted by molar-refractivity contribution is -0.140. The first-order chi connectivity index (χ1) is 16.4. The van der Waals surface area contributed by atoms with Crippen LogP contribution in [0.3, 0.4) is 0 Å². The van der Waals surface area contributed by atoms with Crippen molar-refractivity contribution in [2.75, 3.05) is 6.61 Å². The van der Waals surface area contributed by atoms with Crippen LogP contribution in [-0.4, -0.2) is 29.6 Å². The Bertz CT molecular complexity index is 1200. The number of halogens is 3. The first kappa shape index (κ1) is 23.4. The predicted octanol–water partition coefficient (Wildman–Crippen LogP) is 5.87. The standard InChI is InChI=1S/C25H21BrCl2N2O4/c1-2-33-20-9-16(17(26)10-21(20)34-12-13-3-6-18(27)19(28)7-13)11-29-30-24(31)22-14-4-5-15(8-14)23(22)25(30)32/h3-7,9-11,14-15,22-23H,2,8,12H2,1H3/t14-,15-,22-,23+/m0/s1. The zero-order valence-corrected chi connectivity index (χ0v) is 21.3. The van der Waals surface area contributed by atoms with Gasteiger partial charge < -0.3 is 9.47 Å². The molecule has 176 valence electrons. The Morgan fingerprint density at radius 1 is 1.03 bits per heavy atom. The minimum atomic E-state index is -0.278. The third kappa shape index (κ3) is 4.14. The summed E-state index contributed by atoms with van der Waals surface area (Å²) in [6.07, 6.45) is 6.51. The minimum absolute atomic E-state index is 0.148. The molecule has 2 aliphatic carbocycles. The Kier molecular flexibility index (Phi) is 6.44. The molecular weight excluding hydrogens is 543 g/mol. The van der Waals surface area contributed by atoms with Crippen LogP contribution in [0.4, 0.5) is 0 Å². The lowest BCUT2D eigenvalue weighted by Gasteiger charge is -2.15. The van der Waals surface area contributed by atoms with Crippen molar-refractivity contribution in [1.29, 1.82) is 0 Å². The quantitative estimate of drug-likeness (QED) is 0.240. The second kappa shape index (κ2) is 9.36. The van der Waals surface area contributed by atoms with Crippen molar-refractivity contribution in [2.45, 2.75) is 20.0 Å². The van der Waals surface area contributed by atoms with Crippen molar-refractivity contribution >= 4 is 57.2 Å². The van der Waals surface area contributed by atoms with E-state index < -0.39 is 0 Å². The third-order valence-corrected chi connectivity index (χ3v) is 7.93. The van der Waals surface area contributed by atoms with Gasteiger partial charge in [0.05, 0.1) is 34.7 Å². The van der Waals surface area contributed by atoms with E-state index in [1.165, 1.54) is 6.21 Å². The van der Waals surface area contributed by atoms with Crippen LogP contribution >= 0.6 is 39.1 Å². The summed E-state index contributed by atoms with van der Waals surface area (Å²) in [6.45, 7) is 2.58. The fourth-order valence-electron chi connectivity index (χ4n) is 4.94. The van der Waals surface area contributed by atoms with E-state index in [1.807, 2.05) is 13.0 Å². The van der Waals surface area contributed by atoms with Crippen LogP contribution in [0.15, 0.2) is 52.1 Å². The van der Waals surface area contributed by atoms with E-state index in [-0.39, 0.29) is 42.1 Å². The molecule has 5 rings (SSSR count). The van der Waals surface area contributed by atoms with Crippen molar-refractivity contribution < 1.29 is 19.1 Å². The van der Waals surface area contributed by atoms with Crippen molar-refractivity contribution in [3.05, 3.63) is 68.1 Å². The Balaban J connectivity index is 1.35. The second-order valence-corrected chi connectivity index (χ2v) is 10.2. The molecule has 0 unspecified atom stereocenters. The van der Waals surface area contributed by atoms with Gasteiger partial charge in [-0.25, -0.2) is 0 Å². The second-order valence-electron chi connectivity index (χ2n) is 8.52. The zero-order chi connectivity index (χ0) is 24.0. The maximum atomic E-state index is 12.9. The van der Waals surface area contributed by atoms with Gasteiger partial charge in [-0.1, -0.05) is 41.4 Å². The third-order valence-electron chi connectivity index (χ3n) is 6.50. The molecular formula is C25H21BrCl2N2O4. The molecule has 3 aliphatic rings. The molecule has 6 nitrogen and oxygen atoms in total. The van der Waals surface area contributed by atoms with Crippen molar-refractivity contribution in [2.24, 2.45) is 28.8 Å². The molecule has 2 bridgehead atoms. The van der Waals surface area contributed by atoms with E-state index in [0.717, 1.165) is 17.0 Å². The monoisotopic (exact) mass is 562 g/mol. The van der Waals surface area contributed by atoms with Crippen LogP contribution in [0, 0.1) is 23.7 Å². The largest absolute Gasteiger partial charge is 0.490 e. The van der Waals surface area contributed by atoms with Crippen LogP contribution in [0.2, 0.25) is 10.0 Å². The molecule has 0 aromatic heterocycles. The zero-order valence-electron chi connectivity index (χ0n) is 18.2. The first-order valence-electron chi connectivity index (χ1n) is 11.0. The number of hydrazone groups is 1. The van der Waals surface area contributed by atoms with Gasteiger partial charge in [0.1, 0.15) is 6.61 Å². The molecule has 1 saturated heterocycles. The molecule has 4 atom stereocenters. The fourth-order valence-corrected chi connectivity index (χ4v) is 5.69. The topological polar surface area (TPSA) is 68.2 Å². The molecule has 1 saturated carbocycles. The fraction of sp³-hybridized carbons (Fsp3) is 0.320. The highest BCUT2D eigenvalue weighted by atomic mass is 79.9. The van der Waals surface area contributed by atoms with E-state index in [0.29, 0.717) is 38.2 Å². The number of rotatable bonds is 7. The van der Waals surface area contributed by atoms with E-state index in [4.69, 9.17) is 32.7 Å². The first-order valence-corrected chi connectivity index (χ1v) is 12.6. The molecule has 1 heterocycles. The van der Waals surface area contributed by atoms with Crippen molar-refractivity contribution in [1.82, 2.24) is 5.01 Å². The number of fused-ring (bicyclic) bond motifs is 5. The lowest BCUT2D eigenvalue weighted by atomic mass is 9.85. The number of imide groups is 1. The Hall–Kier alpha value is -2.35. The molecule has 2 amide bonds. The van der Waals surface area contributed by atoms with Gasteiger partial charge in [0.2, 0.25) is 0 Å². The lowest BCUT2D eigenvalue weighted by Crippen LogP contribution is -2.28. The summed E-state index contributed by atoms with van der Waals surface area (Å²) in [6, 6.07) is 8.85. The van der Waals surface area contributed by atoms with Gasteiger partial charge in [0.25, 0.3) is 11.8 Å². The van der Waals surface area contributed by atoms with Gasteiger partial charge >= 0.3 is 0 Å². The van der Waals surface area contributed by atoms with Crippen molar-refractivity contribution in [3.8, 4) is 11.5 Å². The maximum Gasteiger partial charge on any atom is 0.254 e. The summed E-state index contributed by atoms with van der Waals surface area (Å²) >= 11 is 15.6. The van der Waals surface area contributed by atoms with E-state index in [2.05, 4.69) is 33.2 Å². The number of allylic oxidation sites excluding steroid dienone is 2. The van der Waals surface area contributed by atoms with Gasteiger partial charge in [-0.15, -0.1) is 0 Å². The molecule has 2 fully saturated rings. The average molecular weight is 564 g/mol. The SMILES string of the molecule is CCOc1cc(C=NN2C(=O)[C@@H]3[C@H](C2=O)[C@H]2C=C[C@H]3C2)c(Br)cc1OCc1ccc(Cl)c(Cl)c1. The molecule has 0 radical (unpaired) electrons. The van der Waals surface area contributed by atoms with E-state index in [1.54, 1.807) is 24.3 Å². The Labute approximate surface area is 215 Å². The van der Waals surface area contributed by atoms with E-state index >= 15 is 0 Å². The van der Waals surface area contributed by atoms with Gasteiger partial charge in [-0.2, -0.15) is 10.1 Å². The maximum absolute atomic E-state index is 12.9. The number of carbonyl (C=O) groups is 2. The van der Waals surface area contributed by atoms with Crippen LogP contribution in [-0.2, 0) is 16.2 Å². The van der Waals surface area contributed by atoms with Gasteiger partial charge in [0.15, 0.2) is 11.5 Å². The highest BCUT2D eigenvalue weighted by Crippen LogP contribution is 2.52. The van der Waals surface area contributed by atoms with Crippen LogP contribution in [0.1, 0.15) is 24.5 Å².